The first-order valence-corrected chi connectivity index (χ1v) is 10.4. The molecule has 0 bridgehead atoms. The largest absolute Gasteiger partial charge is 0.320 e. The molecule has 1 amide bonds. The molecule has 0 radical (unpaired) electrons. The molecule has 0 aliphatic carbocycles. The van der Waals surface area contributed by atoms with Gasteiger partial charge in [-0.05, 0) is 18.1 Å². The van der Waals surface area contributed by atoms with Gasteiger partial charge in [0.15, 0.2) is 5.13 Å². The Balaban J connectivity index is 1.93. The maximum atomic E-state index is 12.0. The first kappa shape index (κ1) is 18.9. The van der Waals surface area contributed by atoms with Crippen molar-refractivity contribution >= 4 is 43.8 Å². The number of carbonyl (C=O) groups is 1. The summed E-state index contributed by atoms with van der Waals surface area (Å²) in [6, 6.07) is 6.63. The average Bonchev–Trinajstić information content (AvgIpc) is 2.93. The van der Waals surface area contributed by atoms with Crippen molar-refractivity contribution in [3.63, 3.8) is 0 Å². The molecular weight excluding hydrogens is 370 g/mol. The molecule has 0 saturated carbocycles. The zero-order valence-electron chi connectivity index (χ0n) is 13.0. The van der Waals surface area contributed by atoms with Crippen LogP contribution in [-0.2, 0) is 21.1 Å². The summed E-state index contributed by atoms with van der Waals surface area (Å²) in [6.07, 6.45) is 3.47. The number of nitrogens with zero attached hydrogens (tertiary/aromatic N) is 1. The van der Waals surface area contributed by atoms with Crippen LogP contribution in [0.3, 0.4) is 0 Å². The Morgan fingerprint density at radius 2 is 2.12 bits per heavy atom. The molecule has 1 aromatic heterocycles. The normalized spacial score (nSPS) is 12.8. The van der Waals surface area contributed by atoms with Gasteiger partial charge in [0.1, 0.15) is 9.84 Å². The number of aromatic nitrogens is 1. The van der Waals surface area contributed by atoms with Gasteiger partial charge in [0.25, 0.3) is 0 Å². The van der Waals surface area contributed by atoms with E-state index in [1.54, 1.807) is 6.20 Å². The minimum absolute atomic E-state index is 0.0719. The van der Waals surface area contributed by atoms with E-state index in [0.717, 1.165) is 16.7 Å². The molecule has 6 nitrogen and oxygen atoms in total. The van der Waals surface area contributed by atoms with Crippen molar-refractivity contribution in [1.82, 2.24) is 4.98 Å². The molecule has 130 valence electrons. The number of carbonyl (C=O) groups excluding carboxylic acids is 1. The van der Waals surface area contributed by atoms with Crippen molar-refractivity contribution in [2.24, 2.45) is 5.73 Å². The molecule has 0 spiro atoms. The lowest BCUT2D eigenvalue weighted by atomic mass is 10.1. The van der Waals surface area contributed by atoms with E-state index < -0.39 is 21.8 Å². The van der Waals surface area contributed by atoms with Crippen molar-refractivity contribution in [3.8, 4) is 0 Å². The van der Waals surface area contributed by atoms with Gasteiger partial charge in [-0.25, -0.2) is 13.4 Å². The van der Waals surface area contributed by atoms with Gasteiger partial charge in [0.05, 0.1) is 11.8 Å². The fourth-order valence-electron chi connectivity index (χ4n) is 1.95. The zero-order valence-corrected chi connectivity index (χ0v) is 15.4. The average molecular weight is 388 g/mol. The molecule has 1 aromatic carbocycles. The van der Waals surface area contributed by atoms with E-state index in [9.17, 15) is 13.2 Å². The number of anilines is 1. The number of halogens is 1. The topological polar surface area (TPSA) is 102 Å². The minimum Gasteiger partial charge on any atom is -0.320 e. The van der Waals surface area contributed by atoms with Crippen LogP contribution >= 0.6 is 22.9 Å². The van der Waals surface area contributed by atoms with Gasteiger partial charge in [0.2, 0.25) is 5.91 Å². The number of benzene rings is 1. The van der Waals surface area contributed by atoms with Crippen molar-refractivity contribution < 1.29 is 13.2 Å². The lowest BCUT2D eigenvalue weighted by Gasteiger charge is -2.09. The highest BCUT2D eigenvalue weighted by Crippen LogP contribution is 2.24. The number of nitrogens with one attached hydrogen (secondary N) is 1. The first-order chi connectivity index (χ1) is 11.2. The van der Waals surface area contributed by atoms with Crippen LogP contribution in [0.15, 0.2) is 30.5 Å². The summed E-state index contributed by atoms with van der Waals surface area (Å²) < 4.78 is 22.2. The van der Waals surface area contributed by atoms with E-state index in [1.807, 2.05) is 24.3 Å². The number of amides is 1. The van der Waals surface area contributed by atoms with Crippen LogP contribution in [0.1, 0.15) is 16.9 Å². The molecule has 0 aliphatic heterocycles. The number of sulfone groups is 1. The second kappa shape index (κ2) is 8.06. The number of thiazole rings is 1. The Labute approximate surface area is 150 Å². The van der Waals surface area contributed by atoms with E-state index >= 15 is 0 Å². The van der Waals surface area contributed by atoms with Gasteiger partial charge in [-0.1, -0.05) is 29.8 Å². The second-order valence-corrected chi connectivity index (χ2v) is 9.20. The fourth-order valence-corrected chi connectivity index (χ4v) is 3.67. The van der Waals surface area contributed by atoms with Gasteiger partial charge in [-0.3, -0.25) is 4.79 Å². The summed E-state index contributed by atoms with van der Waals surface area (Å²) in [4.78, 5) is 17.1. The Kier molecular flexibility index (Phi) is 6.34. The van der Waals surface area contributed by atoms with Gasteiger partial charge in [0, 0.05) is 28.8 Å². The van der Waals surface area contributed by atoms with E-state index in [2.05, 4.69) is 10.3 Å². The van der Waals surface area contributed by atoms with Crippen molar-refractivity contribution in [3.05, 3.63) is 45.9 Å². The van der Waals surface area contributed by atoms with Gasteiger partial charge < -0.3 is 11.1 Å². The fraction of sp³-hybridized carbons (Fsp3) is 0.333. The van der Waals surface area contributed by atoms with Crippen LogP contribution < -0.4 is 11.1 Å². The third kappa shape index (κ3) is 5.86. The van der Waals surface area contributed by atoms with Crippen molar-refractivity contribution in [2.45, 2.75) is 18.9 Å². The number of nitrogens with two attached hydrogens (primary N) is 1. The maximum absolute atomic E-state index is 12.0. The molecule has 1 atom stereocenters. The highest BCUT2D eigenvalue weighted by atomic mass is 35.5. The van der Waals surface area contributed by atoms with Gasteiger partial charge in [-0.15, -0.1) is 11.3 Å². The van der Waals surface area contributed by atoms with Gasteiger partial charge in [-0.2, -0.15) is 0 Å². The molecule has 24 heavy (non-hydrogen) atoms. The smallest absolute Gasteiger partial charge is 0.243 e. The third-order valence-corrected chi connectivity index (χ3v) is 5.50. The summed E-state index contributed by atoms with van der Waals surface area (Å²) in [5.74, 6) is -0.575. The van der Waals surface area contributed by atoms with Crippen LogP contribution in [0.2, 0.25) is 5.02 Å². The van der Waals surface area contributed by atoms with Crippen LogP contribution in [-0.4, -0.2) is 37.4 Å². The Morgan fingerprint density at radius 3 is 2.79 bits per heavy atom. The molecule has 0 saturated heterocycles. The molecule has 0 fully saturated rings. The summed E-state index contributed by atoms with van der Waals surface area (Å²) in [7, 11) is -3.15. The van der Waals surface area contributed by atoms with Crippen molar-refractivity contribution in [2.75, 3.05) is 17.3 Å². The Morgan fingerprint density at radius 1 is 1.42 bits per heavy atom. The van der Waals surface area contributed by atoms with Gasteiger partial charge >= 0.3 is 0 Å². The Hall–Kier alpha value is -1.48. The molecule has 1 unspecified atom stereocenters. The third-order valence-electron chi connectivity index (χ3n) is 3.24. The predicted molar refractivity (Wildman–Crippen MR) is 97.3 cm³/mol. The van der Waals surface area contributed by atoms with Crippen LogP contribution in [0.4, 0.5) is 5.13 Å². The molecule has 1 heterocycles. The molecule has 3 N–H and O–H groups in total. The van der Waals surface area contributed by atoms with E-state index in [1.165, 1.54) is 11.3 Å². The summed E-state index contributed by atoms with van der Waals surface area (Å²) in [5, 5.41) is 3.72. The molecule has 9 heteroatoms. The molecule has 0 aliphatic rings. The molecule has 2 rings (SSSR count). The van der Waals surface area contributed by atoms with Crippen LogP contribution in [0.5, 0.6) is 0 Å². The standard InChI is InChI=1S/C15H18ClN3O3S2/c1-24(21,22)7-6-13(17)14(20)19-15-18-9-11(23-15)8-10-4-2-3-5-12(10)16/h2-5,9,13H,6-8,17H2,1H3,(H,18,19,20). The molecule has 2 aromatic rings. The lowest BCUT2D eigenvalue weighted by molar-refractivity contribution is -0.117. The van der Waals surface area contributed by atoms with E-state index in [0.29, 0.717) is 16.6 Å². The lowest BCUT2D eigenvalue weighted by Crippen LogP contribution is -2.37. The van der Waals surface area contributed by atoms with E-state index in [4.69, 9.17) is 17.3 Å². The molecular formula is C15H18ClN3O3S2. The highest BCUT2D eigenvalue weighted by molar-refractivity contribution is 7.90. The summed E-state index contributed by atoms with van der Waals surface area (Å²) in [6.45, 7) is 0. The zero-order chi connectivity index (χ0) is 17.7. The van der Waals surface area contributed by atoms with Crippen molar-refractivity contribution in [1.29, 1.82) is 0 Å². The van der Waals surface area contributed by atoms with Crippen LogP contribution in [0.25, 0.3) is 0 Å². The summed E-state index contributed by atoms with van der Waals surface area (Å²) >= 11 is 7.46. The number of hydrogen-bond acceptors (Lipinski definition) is 6. The van der Waals surface area contributed by atoms with E-state index in [-0.39, 0.29) is 12.2 Å². The minimum atomic E-state index is -3.15. The first-order valence-electron chi connectivity index (χ1n) is 7.17. The predicted octanol–water partition coefficient (Wildman–Crippen LogP) is 2.09. The van der Waals surface area contributed by atoms with Crippen LogP contribution in [0, 0.1) is 0 Å². The Bertz CT molecular complexity index is 821. The maximum Gasteiger partial charge on any atom is 0.243 e. The quantitative estimate of drug-likeness (QED) is 0.757. The number of rotatable bonds is 7. The SMILES string of the molecule is CS(=O)(=O)CCC(N)C(=O)Nc1ncc(Cc2ccccc2Cl)s1. The highest BCUT2D eigenvalue weighted by Gasteiger charge is 2.17. The monoisotopic (exact) mass is 387 g/mol. The summed E-state index contributed by atoms with van der Waals surface area (Å²) in [5.41, 5.74) is 6.68. The second-order valence-electron chi connectivity index (χ2n) is 5.41. The number of hydrogen-bond donors (Lipinski definition) is 2.